The summed E-state index contributed by atoms with van der Waals surface area (Å²) in [4.78, 5) is 4.57. The SMILES string of the molecule is C1CN(C[C@@H]2CO2)CCO1.NC[C@H](O)CN1CCOCC1. The summed E-state index contributed by atoms with van der Waals surface area (Å²) in [6, 6.07) is 0. The average molecular weight is 303 g/mol. The number of epoxide rings is 1. The van der Waals surface area contributed by atoms with Gasteiger partial charge < -0.3 is 25.1 Å². The van der Waals surface area contributed by atoms with E-state index in [-0.39, 0.29) is 6.10 Å². The van der Waals surface area contributed by atoms with Crippen molar-refractivity contribution in [1.29, 1.82) is 0 Å². The van der Waals surface area contributed by atoms with Gasteiger partial charge in [0.15, 0.2) is 0 Å². The Balaban J connectivity index is 0.000000154. The molecule has 0 aromatic rings. The summed E-state index contributed by atoms with van der Waals surface area (Å²) < 4.78 is 15.5. The van der Waals surface area contributed by atoms with Crippen LogP contribution >= 0.6 is 0 Å². The van der Waals surface area contributed by atoms with Crippen molar-refractivity contribution in [3.05, 3.63) is 0 Å². The van der Waals surface area contributed by atoms with Crippen LogP contribution < -0.4 is 5.73 Å². The van der Waals surface area contributed by atoms with Crippen LogP contribution in [-0.2, 0) is 14.2 Å². The highest BCUT2D eigenvalue weighted by Gasteiger charge is 2.25. The average Bonchev–Trinajstić information content (AvgIpc) is 3.34. The van der Waals surface area contributed by atoms with Crippen LogP contribution in [0, 0.1) is 0 Å². The fraction of sp³-hybridized carbons (Fsp3) is 1.00. The first-order valence-electron chi connectivity index (χ1n) is 7.88. The highest BCUT2D eigenvalue weighted by atomic mass is 16.6. The maximum Gasteiger partial charge on any atom is 0.0936 e. The van der Waals surface area contributed by atoms with Crippen molar-refractivity contribution in [2.45, 2.75) is 12.2 Å². The summed E-state index contributed by atoms with van der Waals surface area (Å²) in [6.07, 6.45) is 0.159. The Labute approximate surface area is 126 Å². The smallest absolute Gasteiger partial charge is 0.0936 e. The van der Waals surface area contributed by atoms with E-state index in [1.54, 1.807) is 0 Å². The molecule has 3 rings (SSSR count). The Kier molecular flexibility index (Phi) is 7.87. The van der Waals surface area contributed by atoms with Crippen LogP contribution in [-0.4, -0.2) is 106 Å². The lowest BCUT2D eigenvalue weighted by Crippen LogP contribution is -2.42. The fourth-order valence-corrected chi connectivity index (χ4v) is 2.40. The van der Waals surface area contributed by atoms with Crippen LogP contribution in [0.4, 0.5) is 0 Å². The molecule has 21 heavy (non-hydrogen) atoms. The Morgan fingerprint density at radius 3 is 2.00 bits per heavy atom. The number of morpholine rings is 2. The minimum Gasteiger partial charge on any atom is -0.390 e. The number of hydrogen-bond donors (Lipinski definition) is 2. The minimum absolute atomic E-state index is 0.345. The number of β-amino-alcohol motifs (C(OH)–C–C–N with tert-alkyl or cyclic N) is 1. The van der Waals surface area contributed by atoms with Gasteiger partial charge in [0, 0.05) is 45.8 Å². The number of nitrogens with zero attached hydrogens (tertiary/aromatic N) is 2. The summed E-state index contributed by atoms with van der Waals surface area (Å²) in [5.41, 5.74) is 5.28. The van der Waals surface area contributed by atoms with Crippen molar-refractivity contribution in [3.63, 3.8) is 0 Å². The lowest BCUT2D eigenvalue weighted by molar-refractivity contribution is 0.0164. The zero-order valence-corrected chi connectivity index (χ0v) is 12.8. The lowest BCUT2D eigenvalue weighted by atomic mass is 10.3. The first kappa shape index (κ1) is 17.1. The van der Waals surface area contributed by atoms with Crippen molar-refractivity contribution in [3.8, 4) is 0 Å². The largest absolute Gasteiger partial charge is 0.390 e. The van der Waals surface area contributed by atoms with E-state index in [1.807, 2.05) is 0 Å². The molecule has 0 spiro atoms. The van der Waals surface area contributed by atoms with Gasteiger partial charge in [-0.05, 0) is 0 Å². The third-order valence-electron chi connectivity index (χ3n) is 3.81. The third kappa shape index (κ3) is 7.51. The molecule has 0 amide bonds. The molecule has 124 valence electrons. The maximum atomic E-state index is 9.20. The molecule has 0 unspecified atom stereocenters. The molecule has 7 heteroatoms. The van der Waals surface area contributed by atoms with Crippen LogP contribution in [0.3, 0.4) is 0 Å². The Bertz CT molecular complexity index is 267. The van der Waals surface area contributed by atoms with Crippen molar-refractivity contribution >= 4 is 0 Å². The van der Waals surface area contributed by atoms with E-state index in [0.717, 1.165) is 65.8 Å². The molecule has 7 nitrogen and oxygen atoms in total. The van der Waals surface area contributed by atoms with Gasteiger partial charge in [0.05, 0.1) is 45.2 Å². The summed E-state index contributed by atoms with van der Waals surface area (Å²) in [5.74, 6) is 0. The predicted molar refractivity (Wildman–Crippen MR) is 79.3 cm³/mol. The van der Waals surface area contributed by atoms with E-state index in [1.165, 1.54) is 0 Å². The molecule has 0 radical (unpaired) electrons. The van der Waals surface area contributed by atoms with Crippen LogP contribution in [0.15, 0.2) is 0 Å². The first-order chi connectivity index (χ1) is 10.3. The van der Waals surface area contributed by atoms with E-state index in [9.17, 15) is 5.11 Å². The second kappa shape index (κ2) is 9.68. The van der Waals surface area contributed by atoms with E-state index in [4.69, 9.17) is 19.9 Å². The van der Waals surface area contributed by atoms with Crippen molar-refractivity contribution in [2.24, 2.45) is 5.73 Å². The predicted octanol–water partition coefficient (Wildman–Crippen LogP) is -1.64. The number of ether oxygens (including phenoxy) is 3. The van der Waals surface area contributed by atoms with Gasteiger partial charge in [0.1, 0.15) is 0 Å². The van der Waals surface area contributed by atoms with Crippen molar-refractivity contribution in [2.75, 3.05) is 78.8 Å². The minimum atomic E-state index is -0.381. The molecule has 0 bridgehead atoms. The second-order valence-electron chi connectivity index (χ2n) is 5.67. The van der Waals surface area contributed by atoms with Gasteiger partial charge in [0.25, 0.3) is 0 Å². The van der Waals surface area contributed by atoms with Crippen LogP contribution in [0.25, 0.3) is 0 Å². The second-order valence-corrected chi connectivity index (χ2v) is 5.67. The summed E-state index contributed by atoms with van der Waals surface area (Å²) in [5, 5.41) is 9.20. The monoisotopic (exact) mass is 303 g/mol. The van der Waals surface area contributed by atoms with Crippen LogP contribution in [0.2, 0.25) is 0 Å². The van der Waals surface area contributed by atoms with E-state index in [2.05, 4.69) is 9.80 Å². The molecular formula is C14H29N3O4. The molecule has 3 heterocycles. The van der Waals surface area contributed by atoms with Gasteiger partial charge >= 0.3 is 0 Å². The zero-order chi connectivity index (χ0) is 14.9. The van der Waals surface area contributed by atoms with Gasteiger partial charge in [-0.1, -0.05) is 0 Å². The Morgan fingerprint density at radius 1 is 1.00 bits per heavy atom. The first-order valence-corrected chi connectivity index (χ1v) is 7.88. The van der Waals surface area contributed by atoms with E-state index < -0.39 is 0 Å². The summed E-state index contributed by atoms with van der Waals surface area (Å²) in [7, 11) is 0. The molecule has 0 aliphatic carbocycles. The molecule has 2 atom stereocenters. The molecule has 3 fully saturated rings. The zero-order valence-electron chi connectivity index (χ0n) is 12.8. The van der Waals surface area contributed by atoms with E-state index in [0.29, 0.717) is 19.2 Å². The van der Waals surface area contributed by atoms with Gasteiger partial charge in [-0.3, -0.25) is 9.80 Å². The van der Waals surface area contributed by atoms with Gasteiger partial charge in [-0.15, -0.1) is 0 Å². The highest BCUT2D eigenvalue weighted by Crippen LogP contribution is 2.11. The summed E-state index contributed by atoms with van der Waals surface area (Å²) in [6.45, 7) is 10.4. The Hall–Kier alpha value is -0.280. The van der Waals surface area contributed by atoms with Gasteiger partial charge in [0.2, 0.25) is 0 Å². The molecule has 3 aliphatic heterocycles. The standard InChI is InChI=1S/C7H16N2O2.C7H13NO2/c8-5-7(10)6-9-1-3-11-4-2-9;1-3-9-4-2-8(1)5-7-6-10-7/h7,10H,1-6,8H2;7H,1-6H2/t2*7-/m01/s1. The number of aliphatic hydroxyl groups excluding tert-OH is 1. The highest BCUT2D eigenvalue weighted by molar-refractivity contribution is 4.75. The molecule has 0 aromatic carbocycles. The maximum absolute atomic E-state index is 9.20. The molecule has 3 N–H and O–H groups in total. The topological polar surface area (TPSA) is 83.7 Å². The summed E-state index contributed by atoms with van der Waals surface area (Å²) >= 11 is 0. The van der Waals surface area contributed by atoms with Crippen molar-refractivity contribution in [1.82, 2.24) is 9.80 Å². The fourth-order valence-electron chi connectivity index (χ4n) is 2.40. The quantitative estimate of drug-likeness (QED) is 0.589. The Morgan fingerprint density at radius 2 is 1.52 bits per heavy atom. The molecular weight excluding hydrogens is 274 g/mol. The van der Waals surface area contributed by atoms with Gasteiger partial charge in [-0.25, -0.2) is 0 Å². The normalized spacial score (nSPS) is 28.6. The lowest BCUT2D eigenvalue weighted by Gasteiger charge is -2.27. The molecule has 3 saturated heterocycles. The molecule has 3 aliphatic rings. The molecule has 0 saturated carbocycles. The number of hydrogen-bond acceptors (Lipinski definition) is 7. The van der Waals surface area contributed by atoms with Gasteiger partial charge in [-0.2, -0.15) is 0 Å². The number of rotatable bonds is 5. The van der Waals surface area contributed by atoms with Crippen LogP contribution in [0.1, 0.15) is 0 Å². The number of aliphatic hydroxyl groups is 1. The third-order valence-corrected chi connectivity index (χ3v) is 3.81. The van der Waals surface area contributed by atoms with Crippen molar-refractivity contribution < 1.29 is 19.3 Å². The molecule has 0 aromatic heterocycles. The number of nitrogens with two attached hydrogens (primary N) is 1. The van der Waals surface area contributed by atoms with E-state index >= 15 is 0 Å². The van der Waals surface area contributed by atoms with Crippen LogP contribution in [0.5, 0.6) is 0 Å².